The topological polar surface area (TPSA) is 86.8 Å². The number of amides is 1. The van der Waals surface area contributed by atoms with E-state index >= 15 is 0 Å². The summed E-state index contributed by atoms with van der Waals surface area (Å²) in [7, 11) is 0. The van der Waals surface area contributed by atoms with Crippen LogP contribution in [0.25, 0.3) is 22.4 Å². The molecular formula is C28H28ClFN6OS. The fraction of sp³-hybridized carbons (Fsp3) is 0.286. The van der Waals surface area contributed by atoms with Gasteiger partial charge in [0.25, 0.3) is 0 Å². The van der Waals surface area contributed by atoms with Crippen molar-refractivity contribution in [1.82, 2.24) is 24.8 Å². The number of allylic oxidation sites excluding steroid dienone is 2. The summed E-state index contributed by atoms with van der Waals surface area (Å²) in [5, 5.41) is 6.55. The first-order valence-electron chi connectivity index (χ1n) is 12.6. The van der Waals surface area contributed by atoms with Crippen molar-refractivity contribution in [3.05, 3.63) is 82.3 Å². The highest BCUT2D eigenvalue weighted by molar-refractivity contribution is 7.10. The number of fused-ring (bicyclic) bond motifs is 1. The molecule has 7 nitrogen and oxygen atoms in total. The molecule has 2 atom stereocenters. The van der Waals surface area contributed by atoms with Gasteiger partial charge < -0.3 is 15.2 Å². The highest BCUT2D eigenvalue weighted by atomic mass is 35.5. The first-order valence-corrected chi connectivity index (χ1v) is 13.9. The van der Waals surface area contributed by atoms with E-state index in [0.717, 1.165) is 35.9 Å². The van der Waals surface area contributed by atoms with E-state index in [9.17, 15) is 9.18 Å². The summed E-state index contributed by atoms with van der Waals surface area (Å²) >= 11 is 7.72. The van der Waals surface area contributed by atoms with Gasteiger partial charge in [-0.3, -0.25) is 4.79 Å². The number of thiophene rings is 1. The molecule has 0 spiro atoms. The molecule has 2 N–H and O–H groups in total. The average molecular weight is 551 g/mol. The molecule has 5 rings (SSSR count). The predicted molar refractivity (Wildman–Crippen MR) is 151 cm³/mol. The van der Waals surface area contributed by atoms with Gasteiger partial charge in [0.05, 0.1) is 23.7 Å². The molecule has 38 heavy (non-hydrogen) atoms. The van der Waals surface area contributed by atoms with Crippen molar-refractivity contribution in [1.29, 1.82) is 0 Å². The number of pyridine rings is 1. The predicted octanol–water partition coefficient (Wildman–Crippen LogP) is 6.76. The van der Waals surface area contributed by atoms with Crippen molar-refractivity contribution >= 4 is 45.7 Å². The van der Waals surface area contributed by atoms with Crippen LogP contribution >= 0.6 is 22.9 Å². The second-order valence-electron chi connectivity index (χ2n) is 9.20. The largest absolute Gasteiger partial charge is 0.365 e. The van der Waals surface area contributed by atoms with Gasteiger partial charge in [-0.25, -0.2) is 19.3 Å². The quantitative estimate of drug-likeness (QED) is 0.228. The van der Waals surface area contributed by atoms with Crippen molar-refractivity contribution < 1.29 is 9.18 Å². The van der Waals surface area contributed by atoms with Gasteiger partial charge in [-0.05, 0) is 42.9 Å². The maximum absolute atomic E-state index is 14.8. The Labute approximate surface area is 229 Å². The van der Waals surface area contributed by atoms with Gasteiger partial charge in [0, 0.05) is 40.5 Å². The van der Waals surface area contributed by atoms with Crippen LogP contribution < -0.4 is 5.32 Å². The highest BCUT2D eigenvalue weighted by Gasteiger charge is 2.23. The Morgan fingerprint density at radius 1 is 1.29 bits per heavy atom. The van der Waals surface area contributed by atoms with E-state index < -0.39 is 5.82 Å². The highest BCUT2D eigenvalue weighted by Crippen LogP contribution is 2.29. The number of nitrogens with one attached hydrogen (secondary N) is 2. The summed E-state index contributed by atoms with van der Waals surface area (Å²) in [5.74, 6) is 0.0876. The minimum atomic E-state index is -0.515. The Balaban J connectivity index is 1.30. The maximum atomic E-state index is 14.8. The van der Waals surface area contributed by atoms with E-state index in [4.69, 9.17) is 11.6 Å². The van der Waals surface area contributed by atoms with Gasteiger partial charge in [-0.15, -0.1) is 11.3 Å². The Bertz CT molecular complexity index is 1470. The monoisotopic (exact) mass is 550 g/mol. The number of aromatic amines is 1. The Morgan fingerprint density at radius 2 is 2.18 bits per heavy atom. The average Bonchev–Trinajstić information content (AvgIpc) is 3.58. The summed E-state index contributed by atoms with van der Waals surface area (Å²) in [4.78, 5) is 31.9. The molecule has 196 valence electrons. The lowest BCUT2D eigenvalue weighted by Gasteiger charge is -2.30. The summed E-state index contributed by atoms with van der Waals surface area (Å²) < 4.78 is 14.8. The molecule has 4 aromatic heterocycles. The van der Waals surface area contributed by atoms with E-state index in [-0.39, 0.29) is 23.8 Å². The molecule has 0 saturated carbocycles. The van der Waals surface area contributed by atoms with Crippen LogP contribution in [-0.2, 0) is 11.2 Å². The van der Waals surface area contributed by atoms with E-state index in [1.807, 2.05) is 40.8 Å². The lowest BCUT2D eigenvalue weighted by molar-refractivity contribution is -0.129. The lowest BCUT2D eigenvalue weighted by Crippen LogP contribution is -2.38. The molecule has 0 bridgehead atoms. The number of halogens is 2. The van der Waals surface area contributed by atoms with Gasteiger partial charge in [-0.2, -0.15) is 0 Å². The van der Waals surface area contributed by atoms with Crippen LogP contribution in [0, 0.1) is 5.82 Å². The molecular weight excluding hydrogens is 523 g/mol. The molecule has 4 aromatic rings. The number of rotatable bonds is 10. The number of aromatic nitrogens is 4. The normalized spacial score (nSPS) is 15.8. The van der Waals surface area contributed by atoms with E-state index in [1.54, 1.807) is 29.8 Å². The Morgan fingerprint density at radius 3 is 3.00 bits per heavy atom. The molecule has 1 amide bonds. The third-order valence-electron chi connectivity index (χ3n) is 6.51. The zero-order chi connectivity index (χ0) is 26.5. The molecule has 0 radical (unpaired) electrons. The number of carbonyl (C=O) groups is 1. The van der Waals surface area contributed by atoms with E-state index in [0.29, 0.717) is 28.5 Å². The summed E-state index contributed by atoms with van der Waals surface area (Å²) in [6, 6.07) is 5.65. The maximum Gasteiger partial charge on any atom is 0.232 e. The van der Waals surface area contributed by atoms with Crippen LogP contribution in [0.4, 0.5) is 10.2 Å². The van der Waals surface area contributed by atoms with Crippen LogP contribution in [0.5, 0.6) is 0 Å². The van der Waals surface area contributed by atoms with Gasteiger partial charge in [0.1, 0.15) is 5.65 Å². The zero-order valence-corrected chi connectivity index (χ0v) is 22.5. The fourth-order valence-corrected chi connectivity index (χ4v) is 5.51. The van der Waals surface area contributed by atoms with Gasteiger partial charge in [0.15, 0.2) is 17.5 Å². The zero-order valence-electron chi connectivity index (χ0n) is 20.9. The van der Waals surface area contributed by atoms with Crippen molar-refractivity contribution in [2.75, 3.05) is 5.32 Å². The number of nitrogens with zero attached hydrogens (tertiary/aromatic N) is 4. The molecule has 1 aliphatic rings. The molecule has 5 heterocycles. The number of hydrogen-bond donors (Lipinski definition) is 2. The minimum Gasteiger partial charge on any atom is -0.365 e. The van der Waals surface area contributed by atoms with Crippen LogP contribution in [0.1, 0.15) is 37.5 Å². The Kier molecular flexibility index (Phi) is 8.14. The molecule has 0 saturated heterocycles. The van der Waals surface area contributed by atoms with Crippen molar-refractivity contribution in [2.45, 2.75) is 51.1 Å². The van der Waals surface area contributed by atoms with Gasteiger partial charge in [0.2, 0.25) is 5.91 Å². The van der Waals surface area contributed by atoms with E-state index in [2.05, 4.69) is 38.3 Å². The van der Waals surface area contributed by atoms with Gasteiger partial charge >= 0.3 is 0 Å². The molecule has 0 aromatic carbocycles. The Hall–Kier alpha value is -3.56. The molecule has 10 heteroatoms. The molecule has 0 aliphatic carbocycles. The minimum absolute atomic E-state index is 0.0233. The van der Waals surface area contributed by atoms with Crippen LogP contribution in [0.15, 0.2) is 66.6 Å². The number of H-pyrrole nitrogens is 1. The van der Waals surface area contributed by atoms with Crippen LogP contribution in [0.3, 0.4) is 0 Å². The molecule has 1 unspecified atom stereocenters. The standard InChI is InChI=1S/C28H28ClFN6OS/c1-2-6-19(9-10-20-7-3-4-11-36(20)25(37)14-21-8-5-12-38-21)34-28-24(30)17-33-27(35-28)23-16-32-26-22(23)13-18(29)15-31-26/h3-5,7-8,11-13,15-17,19-20H,2,6,9-10,14H2,1H3,(H,31,32)(H,33,34,35)/t19?,20-/m0/s1. The number of carbonyl (C=O) groups excluding carboxylic acids is 1. The van der Waals surface area contributed by atoms with Crippen LogP contribution in [0.2, 0.25) is 5.02 Å². The number of anilines is 1. The van der Waals surface area contributed by atoms with Crippen molar-refractivity contribution in [3.8, 4) is 11.4 Å². The summed E-state index contributed by atoms with van der Waals surface area (Å²) in [5.41, 5.74) is 1.35. The van der Waals surface area contributed by atoms with Crippen molar-refractivity contribution in [2.24, 2.45) is 0 Å². The number of hydrogen-bond acceptors (Lipinski definition) is 6. The SMILES string of the molecule is CCCC(CC[C@@H]1C=CC=CN1C(=O)Cc1cccs1)Nc1nc(-c2c[nH]c3ncc(Cl)cc23)ncc1F. The van der Waals surface area contributed by atoms with Crippen molar-refractivity contribution in [3.63, 3.8) is 0 Å². The summed E-state index contributed by atoms with van der Waals surface area (Å²) in [6.07, 6.45) is 15.9. The third kappa shape index (κ3) is 5.95. The van der Waals surface area contributed by atoms with E-state index in [1.165, 1.54) is 6.20 Å². The molecule has 0 fully saturated rings. The van der Waals surface area contributed by atoms with Crippen LogP contribution in [-0.4, -0.2) is 42.8 Å². The first kappa shape index (κ1) is 26.1. The molecule has 1 aliphatic heterocycles. The second kappa shape index (κ2) is 11.9. The third-order valence-corrected chi connectivity index (χ3v) is 7.60. The summed E-state index contributed by atoms with van der Waals surface area (Å²) in [6.45, 7) is 2.10. The van der Waals surface area contributed by atoms with Gasteiger partial charge in [-0.1, -0.05) is 43.2 Å². The smallest absolute Gasteiger partial charge is 0.232 e. The second-order valence-corrected chi connectivity index (χ2v) is 10.7. The first-order chi connectivity index (χ1) is 18.5. The fourth-order valence-electron chi connectivity index (χ4n) is 4.66. The lowest BCUT2D eigenvalue weighted by atomic mass is 9.99.